The number of hydrogen-bond acceptors (Lipinski definition) is 4. The molecule has 0 aliphatic carbocycles. The summed E-state index contributed by atoms with van der Waals surface area (Å²) in [5.74, 6) is 0.321. The maximum atomic E-state index is 12.8. The minimum Gasteiger partial charge on any atom is -0.340 e. The van der Waals surface area contributed by atoms with Crippen molar-refractivity contribution in [2.75, 3.05) is 52.9 Å². The van der Waals surface area contributed by atoms with Crippen LogP contribution in [0, 0.1) is 0 Å². The van der Waals surface area contributed by atoms with Crippen LogP contribution in [0.5, 0.6) is 0 Å². The quantitative estimate of drug-likeness (QED) is 0.752. The van der Waals surface area contributed by atoms with E-state index in [0.717, 1.165) is 65.1 Å². The smallest absolute Gasteiger partial charge is 0.236 e. The number of hydrogen-bond donors (Lipinski definition) is 0. The summed E-state index contributed by atoms with van der Waals surface area (Å²) in [7, 11) is 2.23. The Morgan fingerprint density at radius 1 is 1.04 bits per heavy atom. The van der Waals surface area contributed by atoms with Gasteiger partial charge in [-0.3, -0.25) is 19.5 Å². The second-order valence-electron chi connectivity index (χ2n) is 8.77. The van der Waals surface area contributed by atoms with E-state index in [1.807, 2.05) is 0 Å². The highest BCUT2D eigenvalue weighted by molar-refractivity contribution is 5.78. The molecule has 156 valence electrons. The molecular weight excluding hydrogens is 348 g/mol. The molecule has 5 nitrogen and oxygen atoms in total. The molecule has 1 amide bonds. The Morgan fingerprint density at radius 2 is 1.75 bits per heavy atom. The molecule has 28 heavy (non-hydrogen) atoms. The predicted molar refractivity (Wildman–Crippen MR) is 115 cm³/mol. The molecule has 2 aliphatic rings. The summed E-state index contributed by atoms with van der Waals surface area (Å²) in [5, 5.41) is 0. The van der Waals surface area contributed by atoms with Crippen LogP contribution in [-0.2, 0) is 11.3 Å². The van der Waals surface area contributed by atoms with Gasteiger partial charge in [-0.05, 0) is 45.7 Å². The molecule has 0 N–H and O–H groups in total. The van der Waals surface area contributed by atoms with E-state index < -0.39 is 0 Å². The summed E-state index contributed by atoms with van der Waals surface area (Å²) in [6.07, 6.45) is 3.39. The topological polar surface area (TPSA) is 30.0 Å². The molecule has 5 heteroatoms. The van der Waals surface area contributed by atoms with Gasteiger partial charge in [0.05, 0.1) is 6.54 Å². The molecule has 3 rings (SSSR count). The number of amides is 1. The molecule has 0 bridgehead atoms. The van der Waals surface area contributed by atoms with Gasteiger partial charge in [0.1, 0.15) is 0 Å². The minimum atomic E-state index is 0.321. The third-order valence-corrected chi connectivity index (χ3v) is 6.43. The van der Waals surface area contributed by atoms with Crippen molar-refractivity contribution >= 4 is 5.91 Å². The lowest BCUT2D eigenvalue weighted by Crippen LogP contribution is -2.47. The van der Waals surface area contributed by atoms with Crippen LogP contribution in [0.1, 0.15) is 38.7 Å². The highest BCUT2D eigenvalue weighted by Crippen LogP contribution is 2.18. The average Bonchev–Trinajstić information content (AvgIpc) is 2.96. The van der Waals surface area contributed by atoms with Gasteiger partial charge in [-0.25, -0.2) is 0 Å². The molecule has 2 fully saturated rings. The molecule has 2 aliphatic heterocycles. The molecule has 0 saturated carbocycles. The van der Waals surface area contributed by atoms with Gasteiger partial charge in [-0.2, -0.15) is 0 Å². The number of carbonyl (C=O) groups excluding carboxylic acids is 1. The lowest BCUT2D eigenvalue weighted by atomic mass is 10.0. The van der Waals surface area contributed by atoms with E-state index in [-0.39, 0.29) is 0 Å². The Balaban J connectivity index is 1.40. The molecule has 2 heterocycles. The fourth-order valence-corrected chi connectivity index (χ4v) is 4.51. The average molecular weight is 387 g/mol. The first kappa shape index (κ1) is 21.3. The third kappa shape index (κ3) is 6.03. The maximum absolute atomic E-state index is 12.8. The Hall–Kier alpha value is -1.43. The monoisotopic (exact) mass is 386 g/mol. The molecular formula is C23H38N4O. The molecule has 2 saturated heterocycles. The first-order chi connectivity index (χ1) is 13.5. The van der Waals surface area contributed by atoms with Crippen molar-refractivity contribution < 1.29 is 4.79 Å². The summed E-state index contributed by atoms with van der Waals surface area (Å²) < 4.78 is 0. The summed E-state index contributed by atoms with van der Waals surface area (Å²) >= 11 is 0. The van der Waals surface area contributed by atoms with Crippen molar-refractivity contribution in [2.24, 2.45) is 0 Å². The number of carbonyl (C=O) groups is 1. The van der Waals surface area contributed by atoms with Crippen LogP contribution >= 0.6 is 0 Å². The zero-order valence-electron chi connectivity index (χ0n) is 18.0. The standard InChI is InChI=1S/C23H38N4O/c1-20(2)26-12-7-13-27(17-16-26)23(28)19-25-14-10-22(11-15-25)24(3)18-21-8-5-4-6-9-21/h4-6,8-9,20,22H,7,10-19H2,1-3H3. The zero-order valence-corrected chi connectivity index (χ0v) is 18.0. The van der Waals surface area contributed by atoms with Crippen LogP contribution in [-0.4, -0.2) is 90.5 Å². The maximum Gasteiger partial charge on any atom is 0.236 e. The van der Waals surface area contributed by atoms with Crippen LogP contribution in [0.4, 0.5) is 0 Å². The van der Waals surface area contributed by atoms with Crippen molar-refractivity contribution in [2.45, 2.75) is 51.7 Å². The van der Waals surface area contributed by atoms with Crippen LogP contribution in [0.3, 0.4) is 0 Å². The lowest BCUT2D eigenvalue weighted by Gasteiger charge is -2.37. The molecule has 1 aromatic carbocycles. The third-order valence-electron chi connectivity index (χ3n) is 6.43. The van der Waals surface area contributed by atoms with E-state index in [0.29, 0.717) is 24.5 Å². The highest BCUT2D eigenvalue weighted by Gasteiger charge is 2.26. The SMILES string of the molecule is CC(C)N1CCCN(C(=O)CN2CCC(N(C)Cc3ccccc3)CC2)CC1. The molecule has 0 unspecified atom stereocenters. The second-order valence-corrected chi connectivity index (χ2v) is 8.77. The fraction of sp³-hybridized carbons (Fsp3) is 0.696. The largest absolute Gasteiger partial charge is 0.340 e. The van der Waals surface area contributed by atoms with Gasteiger partial charge in [-0.15, -0.1) is 0 Å². The number of nitrogens with zero attached hydrogens (tertiary/aromatic N) is 4. The molecule has 1 aromatic rings. The molecule has 0 atom stereocenters. The van der Waals surface area contributed by atoms with E-state index in [1.165, 1.54) is 5.56 Å². The Kier molecular flexibility index (Phi) is 7.89. The second kappa shape index (κ2) is 10.4. The first-order valence-corrected chi connectivity index (χ1v) is 11.0. The summed E-state index contributed by atoms with van der Waals surface area (Å²) in [5.41, 5.74) is 1.37. The molecule has 0 radical (unpaired) electrons. The van der Waals surface area contributed by atoms with Crippen LogP contribution in [0.25, 0.3) is 0 Å². The summed E-state index contributed by atoms with van der Waals surface area (Å²) in [4.78, 5) is 22.2. The van der Waals surface area contributed by atoms with Gasteiger partial charge in [0.2, 0.25) is 5.91 Å². The number of likely N-dealkylation sites (tertiary alicyclic amines) is 1. The van der Waals surface area contributed by atoms with Gasteiger partial charge in [-0.1, -0.05) is 30.3 Å². The Bertz CT molecular complexity index is 598. The van der Waals surface area contributed by atoms with Gasteiger partial charge in [0, 0.05) is 57.9 Å². The van der Waals surface area contributed by atoms with Gasteiger partial charge < -0.3 is 4.90 Å². The van der Waals surface area contributed by atoms with Crippen molar-refractivity contribution in [1.29, 1.82) is 0 Å². The van der Waals surface area contributed by atoms with Crippen LogP contribution in [0.15, 0.2) is 30.3 Å². The van der Waals surface area contributed by atoms with Crippen LogP contribution in [0.2, 0.25) is 0 Å². The van der Waals surface area contributed by atoms with Gasteiger partial charge in [0.15, 0.2) is 0 Å². The number of rotatable bonds is 6. The summed E-state index contributed by atoms with van der Waals surface area (Å²) in [6, 6.07) is 11.9. The highest BCUT2D eigenvalue weighted by atomic mass is 16.2. The van der Waals surface area contributed by atoms with E-state index in [9.17, 15) is 4.79 Å². The van der Waals surface area contributed by atoms with Crippen molar-refractivity contribution in [3.8, 4) is 0 Å². The van der Waals surface area contributed by atoms with E-state index >= 15 is 0 Å². The molecule has 0 aromatic heterocycles. The van der Waals surface area contributed by atoms with Crippen molar-refractivity contribution in [3.63, 3.8) is 0 Å². The van der Waals surface area contributed by atoms with Gasteiger partial charge >= 0.3 is 0 Å². The first-order valence-electron chi connectivity index (χ1n) is 11.0. The lowest BCUT2D eigenvalue weighted by molar-refractivity contribution is -0.132. The number of benzene rings is 1. The molecule has 0 spiro atoms. The number of piperidine rings is 1. The summed E-state index contributed by atoms with van der Waals surface area (Å²) in [6.45, 7) is 12.1. The predicted octanol–water partition coefficient (Wildman–Crippen LogP) is 2.53. The van der Waals surface area contributed by atoms with Crippen LogP contribution < -0.4 is 0 Å². The van der Waals surface area contributed by atoms with E-state index in [1.54, 1.807) is 0 Å². The zero-order chi connectivity index (χ0) is 19.9. The normalized spacial score (nSPS) is 20.7. The Labute approximate surface area is 171 Å². The minimum absolute atomic E-state index is 0.321. The fourth-order valence-electron chi connectivity index (χ4n) is 4.51. The van der Waals surface area contributed by atoms with Crippen molar-refractivity contribution in [3.05, 3.63) is 35.9 Å². The van der Waals surface area contributed by atoms with E-state index in [4.69, 9.17) is 0 Å². The van der Waals surface area contributed by atoms with E-state index in [2.05, 4.69) is 70.8 Å². The Morgan fingerprint density at radius 3 is 2.43 bits per heavy atom. The van der Waals surface area contributed by atoms with Gasteiger partial charge in [0.25, 0.3) is 0 Å². The van der Waals surface area contributed by atoms with Crippen molar-refractivity contribution in [1.82, 2.24) is 19.6 Å².